The first kappa shape index (κ1) is 18.8. The molecule has 2 aromatic rings. The van der Waals surface area contributed by atoms with Gasteiger partial charge in [0.1, 0.15) is 10.8 Å². The Morgan fingerprint density at radius 2 is 2.12 bits per heavy atom. The van der Waals surface area contributed by atoms with Crippen LogP contribution in [0.1, 0.15) is 57.1 Å². The average Bonchev–Trinajstić information content (AvgIpc) is 3.07. The molecule has 0 fully saturated rings. The SMILES string of the molecule is CCCCC(CCC)Oc1cccc2c1CN(c1cn[nH]c(=O)c1Cl)C2. The molecule has 0 bridgehead atoms. The van der Waals surface area contributed by atoms with Crippen LogP contribution >= 0.6 is 11.6 Å². The Morgan fingerprint density at radius 3 is 2.88 bits per heavy atom. The minimum atomic E-state index is -0.362. The number of benzene rings is 1. The van der Waals surface area contributed by atoms with Crippen LogP contribution in [0.25, 0.3) is 0 Å². The second-order valence-electron chi connectivity index (χ2n) is 6.82. The Kier molecular flexibility index (Phi) is 6.20. The molecule has 1 aromatic heterocycles. The van der Waals surface area contributed by atoms with Crippen molar-refractivity contribution in [3.63, 3.8) is 0 Å². The van der Waals surface area contributed by atoms with Crippen LogP contribution in [0.3, 0.4) is 0 Å². The monoisotopic (exact) mass is 375 g/mol. The van der Waals surface area contributed by atoms with Gasteiger partial charge in [-0.2, -0.15) is 5.10 Å². The highest BCUT2D eigenvalue weighted by Gasteiger charge is 2.26. The Bertz CT molecular complexity index is 806. The van der Waals surface area contributed by atoms with Crippen LogP contribution in [0.15, 0.2) is 29.2 Å². The van der Waals surface area contributed by atoms with Gasteiger partial charge >= 0.3 is 0 Å². The van der Waals surface area contributed by atoms with Crippen molar-refractivity contribution in [1.29, 1.82) is 0 Å². The molecule has 0 spiro atoms. The van der Waals surface area contributed by atoms with Gasteiger partial charge in [0.25, 0.3) is 5.56 Å². The number of fused-ring (bicyclic) bond motifs is 1. The Labute approximate surface area is 159 Å². The number of aromatic amines is 1. The second-order valence-corrected chi connectivity index (χ2v) is 7.20. The van der Waals surface area contributed by atoms with Gasteiger partial charge in [0.15, 0.2) is 0 Å². The summed E-state index contributed by atoms with van der Waals surface area (Å²) in [5.74, 6) is 0.952. The molecule has 0 aliphatic carbocycles. The van der Waals surface area contributed by atoms with E-state index in [9.17, 15) is 4.79 Å². The third-order valence-electron chi connectivity index (χ3n) is 4.84. The first-order valence-corrected chi connectivity index (χ1v) is 9.77. The summed E-state index contributed by atoms with van der Waals surface area (Å²) in [5, 5.41) is 6.44. The van der Waals surface area contributed by atoms with E-state index in [2.05, 4.69) is 41.1 Å². The summed E-state index contributed by atoms with van der Waals surface area (Å²) in [6.07, 6.45) is 7.49. The van der Waals surface area contributed by atoms with Gasteiger partial charge in [-0.25, -0.2) is 5.10 Å². The van der Waals surface area contributed by atoms with Crippen molar-refractivity contribution in [2.24, 2.45) is 0 Å². The van der Waals surface area contributed by atoms with Gasteiger partial charge in [-0.1, -0.05) is 56.8 Å². The molecule has 1 aromatic carbocycles. The molecule has 2 heterocycles. The lowest BCUT2D eigenvalue weighted by Gasteiger charge is -2.21. The number of hydrogen-bond donors (Lipinski definition) is 1. The van der Waals surface area contributed by atoms with Gasteiger partial charge in [-0.15, -0.1) is 0 Å². The van der Waals surface area contributed by atoms with E-state index in [4.69, 9.17) is 16.3 Å². The zero-order valence-electron chi connectivity index (χ0n) is 15.4. The van der Waals surface area contributed by atoms with E-state index in [1.807, 2.05) is 6.07 Å². The maximum atomic E-state index is 11.8. The number of nitrogens with one attached hydrogen (secondary N) is 1. The third kappa shape index (κ3) is 4.04. The molecule has 0 amide bonds. The molecule has 1 aliphatic heterocycles. The number of rotatable bonds is 8. The van der Waals surface area contributed by atoms with Gasteiger partial charge in [-0.3, -0.25) is 4.79 Å². The van der Waals surface area contributed by atoms with Crippen LogP contribution in [0.5, 0.6) is 5.75 Å². The number of ether oxygens (including phenoxy) is 1. The van der Waals surface area contributed by atoms with Gasteiger partial charge < -0.3 is 9.64 Å². The molecule has 26 heavy (non-hydrogen) atoms. The minimum Gasteiger partial charge on any atom is -0.490 e. The van der Waals surface area contributed by atoms with Gasteiger partial charge in [0.05, 0.1) is 18.0 Å². The zero-order chi connectivity index (χ0) is 18.5. The van der Waals surface area contributed by atoms with E-state index in [1.165, 1.54) is 24.0 Å². The Morgan fingerprint density at radius 1 is 1.27 bits per heavy atom. The maximum Gasteiger partial charge on any atom is 0.285 e. The van der Waals surface area contributed by atoms with E-state index in [0.29, 0.717) is 18.8 Å². The fourth-order valence-corrected chi connectivity index (χ4v) is 3.67. The van der Waals surface area contributed by atoms with Crippen molar-refractivity contribution in [3.8, 4) is 5.75 Å². The van der Waals surface area contributed by atoms with E-state index >= 15 is 0 Å². The van der Waals surface area contributed by atoms with E-state index in [0.717, 1.165) is 25.0 Å². The maximum absolute atomic E-state index is 11.8. The Hall–Kier alpha value is -2.01. The molecule has 1 aliphatic rings. The summed E-state index contributed by atoms with van der Waals surface area (Å²) < 4.78 is 6.39. The molecule has 3 rings (SSSR count). The van der Waals surface area contributed by atoms with Crippen molar-refractivity contribution in [2.75, 3.05) is 4.90 Å². The highest BCUT2D eigenvalue weighted by molar-refractivity contribution is 6.33. The largest absolute Gasteiger partial charge is 0.490 e. The van der Waals surface area contributed by atoms with Gasteiger partial charge in [0, 0.05) is 18.7 Å². The van der Waals surface area contributed by atoms with E-state index in [1.54, 1.807) is 6.20 Å². The van der Waals surface area contributed by atoms with Crippen LogP contribution in [-0.2, 0) is 13.1 Å². The molecule has 0 saturated heterocycles. The summed E-state index contributed by atoms with van der Waals surface area (Å²) in [6.45, 7) is 5.77. The lowest BCUT2D eigenvalue weighted by Crippen LogP contribution is -2.20. The highest BCUT2D eigenvalue weighted by atomic mass is 35.5. The molecule has 1 N–H and O–H groups in total. The summed E-state index contributed by atoms with van der Waals surface area (Å²) in [7, 11) is 0. The van der Waals surface area contributed by atoms with Crippen molar-refractivity contribution in [1.82, 2.24) is 10.2 Å². The van der Waals surface area contributed by atoms with Crippen molar-refractivity contribution >= 4 is 17.3 Å². The molecule has 5 nitrogen and oxygen atoms in total. The van der Waals surface area contributed by atoms with Crippen LogP contribution in [0.2, 0.25) is 5.02 Å². The number of H-pyrrole nitrogens is 1. The number of halogens is 1. The lowest BCUT2D eigenvalue weighted by molar-refractivity contribution is 0.175. The standard InChI is InChI=1S/C20H26ClN3O2/c1-3-5-9-15(7-4-2)26-18-10-6-8-14-12-24(13-16(14)18)17-11-22-23-20(25)19(17)21/h6,8,10-11,15H,3-5,7,9,12-13H2,1-2H3,(H,23,25). The van der Waals surface area contributed by atoms with Crippen LogP contribution < -0.4 is 15.2 Å². The summed E-state index contributed by atoms with van der Waals surface area (Å²) in [5.41, 5.74) is 2.69. The third-order valence-corrected chi connectivity index (χ3v) is 5.21. The number of aromatic nitrogens is 2. The normalized spacial score (nSPS) is 14.3. The van der Waals surface area contributed by atoms with Crippen LogP contribution in [0.4, 0.5) is 5.69 Å². The Balaban J connectivity index is 1.81. The number of hydrogen-bond acceptors (Lipinski definition) is 4. The predicted octanol–water partition coefficient (Wildman–Crippen LogP) is 4.68. The molecular formula is C20H26ClN3O2. The van der Waals surface area contributed by atoms with Gasteiger partial charge in [0.2, 0.25) is 0 Å². The smallest absolute Gasteiger partial charge is 0.285 e. The van der Waals surface area contributed by atoms with Gasteiger partial charge in [-0.05, 0) is 24.5 Å². The summed E-state index contributed by atoms with van der Waals surface area (Å²) in [6, 6.07) is 6.20. The molecule has 0 saturated carbocycles. The average molecular weight is 376 g/mol. The molecular weight excluding hydrogens is 350 g/mol. The molecule has 1 unspecified atom stereocenters. The summed E-state index contributed by atoms with van der Waals surface area (Å²) >= 11 is 6.18. The van der Waals surface area contributed by atoms with Crippen molar-refractivity contribution in [3.05, 3.63) is 50.9 Å². The summed E-state index contributed by atoms with van der Waals surface area (Å²) in [4.78, 5) is 13.8. The van der Waals surface area contributed by atoms with Crippen LogP contribution in [0, 0.1) is 0 Å². The highest BCUT2D eigenvalue weighted by Crippen LogP contribution is 2.36. The van der Waals surface area contributed by atoms with E-state index < -0.39 is 0 Å². The fraction of sp³-hybridized carbons (Fsp3) is 0.500. The van der Waals surface area contributed by atoms with Crippen molar-refractivity contribution < 1.29 is 4.74 Å². The van der Waals surface area contributed by atoms with Crippen molar-refractivity contribution in [2.45, 2.75) is 65.1 Å². The molecule has 1 atom stereocenters. The minimum absolute atomic E-state index is 0.182. The first-order valence-electron chi connectivity index (χ1n) is 9.39. The number of anilines is 1. The molecule has 140 valence electrons. The quantitative estimate of drug-likeness (QED) is 0.727. The fourth-order valence-electron chi connectivity index (χ4n) is 3.46. The molecule has 6 heteroatoms. The lowest BCUT2D eigenvalue weighted by atomic mass is 10.1. The molecule has 0 radical (unpaired) electrons. The predicted molar refractivity (Wildman–Crippen MR) is 105 cm³/mol. The van der Waals surface area contributed by atoms with Crippen LogP contribution in [-0.4, -0.2) is 16.3 Å². The number of nitrogens with zero attached hydrogens (tertiary/aromatic N) is 2. The first-order chi connectivity index (χ1) is 12.6. The number of unbranched alkanes of at least 4 members (excludes halogenated alkanes) is 1. The topological polar surface area (TPSA) is 58.2 Å². The second kappa shape index (κ2) is 8.58. The zero-order valence-corrected chi connectivity index (χ0v) is 16.2. The van der Waals surface area contributed by atoms with E-state index in [-0.39, 0.29) is 16.7 Å².